The molecule has 3 rings (SSSR count). The van der Waals surface area contributed by atoms with Crippen LogP contribution in [0, 0.1) is 0 Å². The summed E-state index contributed by atoms with van der Waals surface area (Å²) in [6.45, 7) is 1.41. The van der Waals surface area contributed by atoms with Crippen LogP contribution in [-0.4, -0.2) is 29.5 Å². The summed E-state index contributed by atoms with van der Waals surface area (Å²) in [4.78, 5) is 0. The summed E-state index contributed by atoms with van der Waals surface area (Å²) in [5, 5.41) is 6.68. The number of anilines is 1. The number of ether oxygens (including phenoxy) is 2. The van der Waals surface area contributed by atoms with Crippen LogP contribution in [0.2, 0.25) is 0 Å². The largest absolute Gasteiger partial charge is 0.487 e. The zero-order chi connectivity index (χ0) is 12.4. The highest BCUT2D eigenvalue weighted by Crippen LogP contribution is 2.33. The SMILES string of the molecule is Nc1[nH]ncc1-c1ccccc1OC1CCOC1. The molecule has 0 saturated carbocycles. The van der Waals surface area contributed by atoms with Crippen LogP contribution in [0.25, 0.3) is 11.1 Å². The number of nitrogens with zero attached hydrogens (tertiary/aromatic N) is 1. The van der Waals surface area contributed by atoms with Gasteiger partial charge in [-0.1, -0.05) is 18.2 Å². The first kappa shape index (κ1) is 11.1. The number of hydrogen-bond acceptors (Lipinski definition) is 4. The number of H-pyrrole nitrogens is 1. The van der Waals surface area contributed by atoms with Gasteiger partial charge in [-0.25, -0.2) is 0 Å². The number of nitrogens with two attached hydrogens (primary N) is 1. The van der Waals surface area contributed by atoms with Crippen molar-refractivity contribution in [3.63, 3.8) is 0 Å². The van der Waals surface area contributed by atoms with Crippen molar-refractivity contribution in [1.29, 1.82) is 0 Å². The number of aromatic nitrogens is 2. The van der Waals surface area contributed by atoms with Gasteiger partial charge in [-0.15, -0.1) is 0 Å². The van der Waals surface area contributed by atoms with E-state index in [4.69, 9.17) is 15.2 Å². The molecule has 0 spiro atoms. The van der Waals surface area contributed by atoms with E-state index < -0.39 is 0 Å². The maximum absolute atomic E-state index is 5.96. The lowest BCUT2D eigenvalue weighted by Gasteiger charge is -2.15. The van der Waals surface area contributed by atoms with Gasteiger partial charge in [-0.2, -0.15) is 5.10 Å². The Morgan fingerprint density at radius 3 is 2.94 bits per heavy atom. The fourth-order valence-corrected chi connectivity index (χ4v) is 2.09. The van der Waals surface area contributed by atoms with Gasteiger partial charge in [-0.3, -0.25) is 5.10 Å². The smallest absolute Gasteiger partial charge is 0.127 e. The second-order valence-electron chi connectivity index (χ2n) is 4.30. The predicted octanol–water partition coefficient (Wildman–Crippen LogP) is 1.83. The maximum Gasteiger partial charge on any atom is 0.127 e. The van der Waals surface area contributed by atoms with Gasteiger partial charge in [0.1, 0.15) is 17.7 Å². The Balaban J connectivity index is 1.92. The summed E-state index contributed by atoms with van der Waals surface area (Å²) in [5.74, 6) is 1.37. The molecule has 5 heteroatoms. The van der Waals surface area contributed by atoms with Crippen molar-refractivity contribution in [2.24, 2.45) is 0 Å². The molecule has 0 radical (unpaired) electrons. The van der Waals surface area contributed by atoms with Crippen LogP contribution in [-0.2, 0) is 4.74 Å². The van der Waals surface area contributed by atoms with E-state index in [0.717, 1.165) is 29.9 Å². The molecule has 1 aliphatic rings. The van der Waals surface area contributed by atoms with Crippen molar-refractivity contribution in [3.05, 3.63) is 30.5 Å². The minimum Gasteiger partial charge on any atom is -0.487 e. The van der Waals surface area contributed by atoms with Crippen molar-refractivity contribution in [1.82, 2.24) is 10.2 Å². The van der Waals surface area contributed by atoms with Crippen LogP contribution < -0.4 is 10.5 Å². The summed E-state index contributed by atoms with van der Waals surface area (Å²) in [6.07, 6.45) is 2.76. The molecule has 1 aromatic heterocycles. The first-order valence-corrected chi connectivity index (χ1v) is 5.97. The highest BCUT2D eigenvalue weighted by atomic mass is 16.5. The second-order valence-corrected chi connectivity index (χ2v) is 4.30. The van der Waals surface area contributed by atoms with Crippen LogP contribution in [0.1, 0.15) is 6.42 Å². The number of benzene rings is 1. The Morgan fingerprint density at radius 2 is 2.22 bits per heavy atom. The minimum absolute atomic E-state index is 0.124. The number of nitrogen functional groups attached to an aromatic ring is 1. The second kappa shape index (κ2) is 4.70. The third kappa shape index (κ3) is 2.04. The van der Waals surface area contributed by atoms with Gasteiger partial charge in [0.05, 0.1) is 19.4 Å². The molecule has 0 bridgehead atoms. The van der Waals surface area contributed by atoms with Gasteiger partial charge in [0.2, 0.25) is 0 Å². The first-order chi connectivity index (χ1) is 8.84. The van der Waals surface area contributed by atoms with Crippen LogP contribution in [0.3, 0.4) is 0 Å². The Labute approximate surface area is 105 Å². The highest BCUT2D eigenvalue weighted by Gasteiger charge is 2.19. The average Bonchev–Trinajstić information content (AvgIpc) is 3.02. The summed E-state index contributed by atoms with van der Waals surface area (Å²) in [6, 6.07) is 7.83. The Morgan fingerprint density at radius 1 is 1.33 bits per heavy atom. The molecule has 0 amide bonds. The van der Waals surface area contributed by atoms with Crippen molar-refractivity contribution in [2.45, 2.75) is 12.5 Å². The summed E-state index contributed by atoms with van der Waals surface area (Å²) < 4.78 is 11.3. The summed E-state index contributed by atoms with van der Waals surface area (Å²) in [7, 11) is 0. The van der Waals surface area contributed by atoms with Crippen molar-refractivity contribution >= 4 is 5.82 Å². The number of hydrogen-bond donors (Lipinski definition) is 2. The number of aromatic amines is 1. The normalized spacial score (nSPS) is 19.0. The molecule has 1 aromatic carbocycles. The molecular weight excluding hydrogens is 230 g/mol. The third-order valence-electron chi connectivity index (χ3n) is 3.03. The topological polar surface area (TPSA) is 73.2 Å². The van der Waals surface area contributed by atoms with Crippen LogP contribution >= 0.6 is 0 Å². The predicted molar refractivity (Wildman–Crippen MR) is 68.3 cm³/mol. The van der Waals surface area contributed by atoms with E-state index in [9.17, 15) is 0 Å². The molecule has 3 N–H and O–H groups in total. The zero-order valence-electron chi connectivity index (χ0n) is 9.93. The molecule has 1 saturated heterocycles. The Hall–Kier alpha value is -2.01. The van der Waals surface area contributed by atoms with E-state index in [1.807, 2.05) is 24.3 Å². The molecule has 1 unspecified atom stereocenters. The summed E-state index contributed by atoms with van der Waals surface area (Å²) in [5.41, 5.74) is 7.67. The van der Waals surface area contributed by atoms with Gasteiger partial charge in [0.25, 0.3) is 0 Å². The van der Waals surface area contributed by atoms with Gasteiger partial charge in [-0.05, 0) is 6.07 Å². The standard InChI is InChI=1S/C13H15N3O2/c14-13-11(7-15-16-13)10-3-1-2-4-12(10)18-9-5-6-17-8-9/h1-4,7,9H,5-6,8H2,(H3,14,15,16). The molecule has 2 heterocycles. The Bertz CT molecular complexity index is 533. The van der Waals surface area contributed by atoms with Crippen LogP contribution in [0.15, 0.2) is 30.5 Å². The van der Waals surface area contributed by atoms with Gasteiger partial charge in [0.15, 0.2) is 0 Å². The van der Waals surface area contributed by atoms with Crippen LogP contribution in [0.5, 0.6) is 5.75 Å². The van der Waals surface area contributed by atoms with Crippen LogP contribution in [0.4, 0.5) is 5.82 Å². The maximum atomic E-state index is 5.96. The summed E-state index contributed by atoms with van der Waals surface area (Å²) >= 11 is 0. The van der Waals surface area contributed by atoms with E-state index in [2.05, 4.69) is 10.2 Å². The van der Waals surface area contributed by atoms with E-state index in [-0.39, 0.29) is 6.10 Å². The van der Waals surface area contributed by atoms with E-state index >= 15 is 0 Å². The molecule has 1 fully saturated rings. The van der Waals surface area contributed by atoms with Gasteiger partial charge in [0, 0.05) is 17.5 Å². The monoisotopic (exact) mass is 245 g/mol. The minimum atomic E-state index is 0.124. The molecule has 0 aliphatic carbocycles. The lowest BCUT2D eigenvalue weighted by Crippen LogP contribution is -2.16. The number of rotatable bonds is 3. The third-order valence-corrected chi connectivity index (χ3v) is 3.03. The molecular formula is C13H15N3O2. The van der Waals surface area contributed by atoms with Gasteiger partial charge >= 0.3 is 0 Å². The molecule has 94 valence electrons. The van der Waals surface area contributed by atoms with E-state index in [0.29, 0.717) is 12.4 Å². The fourth-order valence-electron chi connectivity index (χ4n) is 2.09. The van der Waals surface area contributed by atoms with Crippen molar-refractivity contribution in [3.8, 4) is 16.9 Å². The average molecular weight is 245 g/mol. The quantitative estimate of drug-likeness (QED) is 0.865. The lowest BCUT2D eigenvalue weighted by molar-refractivity contribution is 0.142. The highest BCUT2D eigenvalue weighted by molar-refractivity contribution is 5.77. The van der Waals surface area contributed by atoms with Crippen molar-refractivity contribution in [2.75, 3.05) is 18.9 Å². The van der Waals surface area contributed by atoms with E-state index in [1.54, 1.807) is 6.20 Å². The van der Waals surface area contributed by atoms with Gasteiger partial charge < -0.3 is 15.2 Å². The molecule has 1 aliphatic heterocycles. The number of para-hydroxylation sites is 1. The Kier molecular flexibility index (Phi) is 2.90. The van der Waals surface area contributed by atoms with Crippen molar-refractivity contribution < 1.29 is 9.47 Å². The molecule has 18 heavy (non-hydrogen) atoms. The number of nitrogens with one attached hydrogen (secondary N) is 1. The fraction of sp³-hybridized carbons (Fsp3) is 0.308. The van der Waals surface area contributed by atoms with E-state index in [1.165, 1.54) is 0 Å². The lowest BCUT2D eigenvalue weighted by atomic mass is 10.1. The molecule has 2 aromatic rings. The molecule has 1 atom stereocenters. The zero-order valence-corrected chi connectivity index (χ0v) is 9.93. The first-order valence-electron chi connectivity index (χ1n) is 5.97. The molecule has 5 nitrogen and oxygen atoms in total.